The third-order valence-corrected chi connectivity index (χ3v) is 5.01. The van der Waals surface area contributed by atoms with Crippen LogP contribution >= 0.6 is 23.2 Å². The Bertz CT molecular complexity index is 454. The van der Waals surface area contributed by atoms with Gasteiger partial charge in [0.2, 0.25) is 0 Å². The number of hydrogen-bond acceptors (Lipinski definition) is 2. The van der Waals surface area contributed by atoms with E-state index in [1.165, 1.54) is 12.8 Å². The zero-order chi connectivity index (χ0) is 15.3. The Labute approximate surface area is 137 Å². The van der Waals surface area contributed by atoms with E-state index in [-0.39, 0.29) is 0 Å². The predicted molar refractivity (Wildman–Crippen MR) is 88.2 cm³/mol. The van der Waals surface area contributed by atoms with Crippen LogP contribution in [0.4, 0.5) is 0 Å². The van der Waals surface area contributed by atoms with Crippen molar-refractivity contribution in [1.29, 1.82) is 0 Å². The molecule has 1 atom stereocenters. The normalized spacial score (nSPS) is 20.0. The molecule has 0 aromatic heterocycles. The SMILES string of the molecule is CCOC1(C(O)Cc2cc(Cl)ccc2Cl)CCCCCC1. The van der Waals surface area contributed by atoms with Crippen molar-refractivity contribution in [3.05, 3.63) is 33.8 Å². The Morgan fingerprint density at radius 1 is 1.19 bits per heavy atom. The molecule has 0 saturated heterocycles. The van der Waals surface area contributed by atoms with Crippen molar-refractivity contribution in [2.24, 2.45) is 0 Å². The summed E-state index contributed by atoms with van der Waals surface area (Å²) in [7, 11) is 0. The van der Waals surface area contributed by atoms with Crippen LogP contribution in [-0.2, 0) is 11.2 Å². The number of halogens is 2. The van der Waals surface area contributed by atoms with E-state index in [1.807, 2.05) is 13.0 Å². The van der Waals surface area contributed by atoms with E-state index in [0.717, 1.165) is 31.2 Å². The van der Waals surface area contributed by atoms with Gasteiger partial charge in [-0.25, -0.2) is 0 Å². The molecule has 0 spiro atoms. The highest BCUT2D eigenvalue weighted by atomic mass is 35.5. The molecule has 4 heteroatoms. The topological polar surface area (TPSA) is 29.5 Å². The Balaban J connectivity index is 2.17. The summed E-state index contributed by atoms with van der Waals surface area (Å²) in [6.07, 6.45) is 6.44. The monoisotopic (exact) mass is 330 g/mol. The lowest BCUT2D eigenvalue weighted by molar-refractivity contribution is -0.128. The maximum atomic E-state index is 10.8. The minimum atomic E-state index is -0.550. The van der Waals surface area contributed by atoms with Crippen LogP contribution in [0, 0.1) is 0 Å². The largest absolute Gasteiger partial charge is 0.390 e. The molecule has 1 N–H and O–H groups in total. The van der Waals surface area contributed by atoms with Crippen LogP contribution in [-0.4, -0.2) is 23.4 Å². The Kier molecular flexibility index (Phi) is 6.36. The molecule has 21 heavy (non-hydrogen) atoms. The van der Waals surface area contributed by atoms with Crippen molar-refractivity contribution in [3.63, 3.8) is 0 Å². The van der Waals surface area contributed by atoms with Crippen molar-refractivity contribution in [1.82, 2.24) is 0 Å². The van der Waals surface area contributed by atoms with E-state index in [0.29, 0.717) is 23.1 Å². The summed E-state index contributed by atoms with van der Waals surface area (Å²) in [6, 6.07) is 5.39. The van der Waals surface area contributed by atoms with Crippen LogP contribution in [0.15, 0.2) is 18.2 Å². The number of rotatable bonds is 5. The molecule has 1 unspecified atom stereocenters. The molecular formula is C17H24Cl2O2. The fourth-order valence-electron chi connectivity index (χ4n) is 3.28. The van der Waals surface area contributed by atoms with Crippen molar-refractivity contribution in [2.75, 3.05) is 6.61 Å². The van der Waals surface area contributed by atoms with Gasteiger partial charge in [0.15, 0.2) is 0 Å². The van der Waals surface area contributed by atoms with E-state index in [2.05, 4.69) is 0 Å². The maximum Gasteiger partial charge on any atom is 0.0943 e. The minimum Gasteiger partial charge on any atom is -0.390 e. The van der Waals surface area contributed by atoms with Gasteiger partial charge in [-0.05, 0) is 43.5 Å². The van der Waals surface area contributed by atoms with Gasteiger partial charge in [0, 0.05) is 23.1 Å². The molecule has 0 aliphatic heterocycles. The van der Waals surface area contributed by atoms with E-state index in [9.17, 15) is 5.11 Å². The molecule has 1 aromatic rings. The average molecular weight is 331 g/mol. The van der Waals surface area contributed by atoms with Crippen molar-refractivity contribution in [3.8, 4) is 0 Å². The molecule has 2 rings (SSSR count). The molecular weight excluding hydrogens is 307 g/mol. The molecule has 2 nitrogen and oxygen atoms in total. The first kappa shape index (κ1) is 17.1. The Morgan fingerprint density at radius 2 is 1.86 bits per heavy atom. The zero-order valence-corrected chi connectivity index (χ0v) is 14.1. The molecule has 0 bridgehead atoms. The highest BCUT2D eigenvalue weighted by Crippen LogP contribution is 2.36. The van der Waals surface area contributed by atoms with Gasteiger partial charge in [-0.3, -0.25) is 0 Å². The van der Waals surface area contributed by atoms with Gasteiger partial charge in [0.25, 0.3) is 0 Å². The second-order valence-electron chi connectivity index (χ2n) is 5.87. The number of ether oxygens (including phenoxy) is 1. The van der Waals surface area contributed by atoms with E-state index in [1.54, 1.807) is 12.1 Å². The smallest absolute Gasteiger partial charge is 0.0943 e. The molecule has 1 aromatic carbocycles. The number of hydrogen-bond donors (Lipinski definition) is 1. The number of aliphatic hydroxyl groups excluding tert-OH is 1. The van der Waals surface area contributed by atoms with Gasteiger partial charge in [0.05, 0.1) is 11.7 Å². The summed E-state index contributed by atoms with van der Waals surface area (Å²) < 4.78 is 6.03. The van der Waals surface area contributed by atoms with Crippen molar-refractivity contribution in [2.45, 2.75) is 63.6 Å². The van der Waals surface area contributed by atoms with Crippen LogP contribution < -0.4 is 0 Å². The summed E-state index contributed by atoms with van der Waals surface area (Å²) in [6.45, 7) is 2.62. The summed E-state index contributed by atoms with van der Waals surface area (Å²) in [4.78, 5) is 0. The summed E-state index contributed by atoms with van der Waals surface area (Å²) in [5, 5.41) is 12.1. The van der Waals surface area contributed by atoms with Crippen molar-refractivity contribution >= 4 is 23.2 Å². The molecule has 118 valence electrons. The van der Waals surface area contributed by atoms with Crippen LogP contribution in [0.5, 0.6) is 0 Å². The van der Waals surface area contributed by atoms with Gasteiger partial charge in [-0.2, -0.15) is 0 Å². The van der Waals surface area contributed by atoms with E-state index < -0.39 is 11.7 Å². The van der Waals surface area contributed by atoms with Crippen molar-refractivity contribution < 1.29 is 9.84 Å². The first-order chi connectivity index (χ1) is 10.1. The molecule has 1 saturated carbocycles. The van der Waals surface area contributed by atoms with Gasteiger partial charge < -0.3 is 9.84 Å². The highest BCUT2D eigenvalue weighted by molar-refractivity contribution is 6.33. The molecule has 0 radical (unpaired) electrons. The van der Waals surface area contributed by atoms with E-state index >= 15 is 0 Å². The number of aliphatic hydroxyl groups is 1. The van der Waals surface area contributed by atoms with Crippen LogP contribution in [0.1, 0.15) is 51.0 Å². The molecule has 0 amide bonds. The lowest BCUT2D eigenvalue weighted by Gasteiger charge is -2.37. The summed E-state index contributed by atoms with van der Waals surface area (Å²) >= 11 is 12.3. The van der Waals surface area contributed by atoms with E-state index in [4.69, 9.17) is 27.9 Å². The Hall–Kier alpha value is -0.280. The average Bonchev–Trinajstić information content (AvgIpc) is 2.70. The van der Waals surface area contributed by atoms with Gasteiger partial charge in [-0.15, -0.1) is 0 Å². The standard InChI is InChI=1S/C17H24Cl2O2/c1-2-21-17(9-5-3-4-6-10-17)16(20)12-13-11-14(18)7-8-15(13)19/h7-8,11,16,20H,2-6,9-10,12H2,1H3. The van der Waals surface area contributed by atoms with Crippen LogP contribution in [0.3, 0.4) is 0 Å². The number of benzene rings is 1. The second-order valence-corrected chi connectivity index (χ2v) is 6.71. The third-order valence-electron chi connectivity index (χ3n) is 4.41. The zero-order valence-electron chi connectivity index (χ0n) is 12.6. The third kappa shape index (κ3) is 4.35. The molecule has 0 heterocycles. The van der Waals surface area contributed by atoms with Gasteiger partial charge in [-0.1, -0.05) is 48.9 Å². The lowest BCUT2D eigenvalue weighted by atomic mass is 9.84. The lowest BCUT2D eigenvalue weighted by Crippen LogP contribution is -2.46. The quantitative estimate of drug-likeness (QED) is 0.767. The van der Waals surface area contributed by atoms with Gasteiger partial charge in [0.1, 0.15) is 0 Å². The van der Waals surface area contributed by atoms with Crippen LogP contribution in [0.25, 0.3) is 0 Å². The molecule has 1 fully saturated rings. The predicted octanol–water partition coefficient (Wildman–Crippen LogP) is 5.03. The first-order valence-corrected chi connectivity index (χ1v) is 8.59. The summed E-state index contributed by atoms with van der Waals surface area (Å²) in [5.41, 5.74) is 0.455. The summed E-state index contributed by atoms with van der Waals surface area (Å²) in [5.74, 6) is 0. The fourth-order valence-corrected chi connectivity index (χ4v) is 3.67. The maximum absolute atomic E-state index is 10.8. The molecule has 1 aliphatic rings. The molecule has 1 aliphatic carbocycles. The Morgan fingerprint density at radius 3 is 2.48 bits per heavy atom. The highest BCUT2D eigenvalue weighted by Gasteiger charge is 2.39. The minimum absolute atomic E-state index is 0.434. The fraction of sp³-hybridized carbons (Fsp3) is 0.647. The van der Waals surface area contributed by atoms with Gasteiger partial charge >= 0.3 is 0 Å². The van der Waals surface area contributed by atoms with Crippen LogP contribution in [0.2, 0.25) is 10.0 Å². The second kappa shape index (κ2) is 7.82. The first-order valence-electron chi connectivity index (χ1n) is 7.83.